The van der Waals surface area contributed by atoms with Crippen LogP contribution in [-0.2, 0) is 11.3 Å². The maximum absolute atomic E-state index is 5.77. The van der Waals surface area contributed by atoms with E-state index in [9.17, 15) is 0 Å². The molecule has 0 aliphatic carbocycles. The van der Waals surface area contributed by atoms with Crippen LogP contribution in [0.25, 0.3) is 0 Å². The fourth-order valence-corrected chi connectivity index (χ4v) is 1.98. The van der Waals surface area contributed by atoms with Crippen molar-refractivity contribution >= 4 is 22.9 Å². The molecule has 16 heavy (non-hydrogen) atoms. The summed E-state index contributed by atoms with van der Waals surface area (Å²) in [5.41, 5.74) is 0. The lowest BCUT2D eigenvalue weighted by atomic mass is 10.6. The molecule has 0 aromatic carbocycles. The van der Waals surface area contributed by atoms with Crippen molar-refractivity contribution in [2.45, 2.75) is 6.54 Å². The van der Waals surface area contributed by atoms with Gasteiger partial charge in [0.2, 0.25) is 0 Å². The van der Waals surface area contributed by atoms with Gasteiger partial charge >= 0.3 is 0 Å². The zero-order valence-electron chi connectivity index (χ0n) is 9.70. The van der Waals surface area contributed by atoms with Gasteiger partial charge in [0.15, 0.2) is 0 Å². The first-order valence-corrected chi connectivity index (χ1v) is 6.41. The van der Waals surface area contributed by atoms with E-state index in [2.05, 4.69) is 15.2 Å². The Labute approximate surface area is 106 Å². The van der Waals surface area contributed by atoms with E-state index < -0.39 is 0 Å². The molecule has 1 N–H and O–H groups in total. The van der Waals surface area contributed by atoms with Gasteiger partial charge in [-0.15, -0.1) is 11.3 Å². The van der Waals surface area contributed by atoms with E-state index in [0.29, 0.717) is 0 Å². The summed E-state index contributed by atoms with van der Waals surface area (Å²) in [5, 5.41) is 4.27. The molecule has 1 heterocycles. The fourth-order valence-electron chi connectivity index (χ4n) is 1.06. The summed E-state index contributed by atoms with van der Waals surface area (Å²) >= 11 is 7.27. The Morgan fingerprint density at radius 3 is 2.94 bits per heavy atom. The maximum atomic E-state index is 5.77. The van der Waals surface area contributed by atoms with Crippen LogP contribution < -0.4 is 5.32 Å². The van der Waals surface area contributed by atoms with Crippen molar-refractivity contribution < 1.29 is 4.74 Å². The third kappa shape index (κ3) is 6.40. The fraction of sp³-hybridized carbons (Fsp3) is 0.700. The highest BCUT2D eigenvalue weighted by atomic mass is 35.5. The zero-order valence-corrected chi connectivity index (χ0v) is 11.3. The Morgan fingerprint density at radius 2 is 2.31 bits per heavy atom. The Balaban J connectivity index is 1.92. The van der Waals surface area contributed by atoms with Crippen LogP contribution in [-0.4, -0.2) is 50.3 Å². The smallest absolute Gasteiger partial charge is 0.113 e. The van der Waals surface area contributed by atoms with Crippen molar-refractivity contribution in [2.75, 3.05) is 40.4 Å². The molecule has 0 atom stereocenters. The molecule has 0 radical (unpaired) electrons. The Kier molecular flexibility index (Phi) is 6.91. The number of nitrogens with one attached hydrogen (secondary N) is 1. The number of hydrogen-bond acceptors (Lipinski definition) is 5. The highest BCUT2D eigenvalue weighted by Crippen LogP contribution is 2.17. The van der Waals surface area contributed by atoms with Gasteiger partial charge in [-0.05, 0) is 14.1 Å². The van der Waals surface area contributed by atoms with Gasteiger partial charge in [-0.2, -0.15) is 0 Å². The van der Waals surface area contributed by atoms with Gasteiger partial charge in [0.05, 0.1) is 19.4 Å². The predicted octanol–water partition coefficient (Wildman–Crippen LogP) is 1.46. The van der Waals surface area contributed by atoms with E-state index >= 15 is 0 Å². The van der Waals surface area contributed by atoms with Crippen LogP contribution in [0.4, 0.5) is 0 Å². The van der Waals surface area contributed by atoms with E-state index in [1.807, 2.05) is 14.1 Å². The largest absolute Gasteiger partial charge is 0.379 e. The van der Waals surface area contributed by atoms with E-state index in [1.165, 1.54) is 11.3 Å². The molecular weight excluding hydrogens is 246 g/mol. The lowest BCUT2D eigenvalue weighted by Crippen LogP contribution is -2.22. The van der Waals surface area contributed by atoms with Crippen LogP contribution in [0.3, 0.4) is 0 Å². The number of rotatable bonds is 8. The van der Waals surface area contributed by atoms with Crippen molar-refractivity contribution in [1.29, 1.82) is 0 Å². The van der Waals surface area contributed by atoms with Gasteiger partial charge in [0.25, 0.3) is 0 Å². The first-order valence-electron chi connectivity index (χ1n) is 5.22. The van der Waals surface area contributed by atoms with Crippen LogP contribution in [0.5, 0.6) is 0 Å². The van der Waals surface area contributed by atoms with E-state index in [4.69, 9.17) is 16.3 Å². The van der Waals surface area contributed by atoms with E-state index in [-0.39, 0.29) is 0 Å². The quantitative estimate of drug-likeness (QED) is 0.721. The number of halogens is 1. The minimum atomic E-state index is 0.729. The number of hydrogen-bond donors (Lipinski definition) is 1. The molecule has 0 amide bonds. The van der Waals surface area contributed by atoms with Crippen molar-refractivity contribution in [3.63, 3.8) is 0 Å². The number of thiazole rings is 1. The normalized spacial score (nSPS) is 11.2. The minimum absolute atomic E-state index is 0.729. The number of nitrogens with zero attached hydrogens (tertiary/aromatic N) is 2. The van der Waals surface area contributed by atoms with E-state index in [1.54, 1.807) is 6.20 Å². The van der Waals surface area contributed by atoms with Gasteiger partial charge in [-0.3, -0.25) is 0 Å². The molecule has 92 valence electrons. The molecule has 1 aromatic heterocycles. The highest BCUT2D eigenvalue weighted by Gasteiger charge is 1.98. The second-order valence-corrected chi connectivity index (χ2v) is 5.40. The van der Waals surface area contributed by atoms with E-state index in [0.717, 1.165) is 42.2 Å². The summed E-state index contributed by atoms with van der Waals surface area (Å²) < 4.78 is 6.18. The summed E-state index contributed by atoms with van der Waals surface area (Å²) in [6.07, 6.45) is 1.68. The molecule has 0 aliphatic rings. The van der Waals surface area contributed by atoms with Gasteiger partial charge in [-0.25, -0.2) is 4.98 Å². The Morgan fingerprint density at radius 1 is 1.50 bits per heavy atom. The molecule has 4 nitrogen and oxygen atoms in total. The minimum Gasteiger partial charge on any atom is -0.379 e. The molecule has 0 aliphatic heterocycles. The first-order chi connectivity index (χ1) is 7.68. The molecular formula is C10H18ClN3OS. The molecule has 1 aromatic rings. The average Bonchev–Trinajstić information content (AvgIpc) is 2.62. The van der Waals surface area contributed by atoms with Crippen molar-refractivity contribution in [1.82, 2.24) is 15.2 Å². The number of likely N-dealkylation sites (N-methyl/N-ethyl adjacent to an activating group) is 1. The van der Waals surface area contributed by atoms with Crippen LogP contribution in [0.1, 0.15) is 5.01 Å². The topological polar surface area (TPSA) is 37.4 Å². The molecule has 0 unspecified atom stereocenters. The SMILES string of the molecule is CN(C)CCOCCNCc1ncc(Cl)s1. The second-order valence-electron chi connectivity index (χ2n) is 3.65. The Bertz CT molecular complexity index is 293. The van der Waals surface area contributed by atoms with Crippen LogP contribution >= 0.6 is 22.9 Å². The monoisotopic (exact) mass is 263 g/mol. The van der Waals surface area contributed by atoms with Crippen LogP contribution in [0, 0.1) is 0 Å². The van der Waals surface area contributed by atoms with Gasteiger partial charge in [-0.1, -0.05) is 11.6 Å². The molecule has 0 saturated carbocycles. The van der Waals surface area contributed by atoms with Gasteiger partial charge < -0.3 is 15.0 Å². The molecule has 0 fully saturated rings. The zero-order chi connectivity index (χ0) is 11.8. The summed E-state index contributed by atoms with van der Waals surface area (Å²) in [7, 11) is 4.07. The molecule has 0 saturated heterocycles. The number of aromatic nitrogens is 1. The standard InChI is InChI=1S/C10H18ClN3OS/c1-14(2)4-6-15-5-3-12-8-10-13-7-9(11)16-10/h7,12H,3-6,8H2,1-2H3. The first kappa shape index (κ1) is 13.9. The van der Waals surface area contributed by atoms with Crippen molar-refractivity contribution in [3.8, 4) is 0 Å². The van der Waals surface area contributed by atoms with Crippen molar-refractivity contribution in [3.05, 3.63) is 15.5 Å². The molecule has 6 heteroatoms. The third-order valence-electron chi connectivity index (χ3n) is 1.91. The summed E-state index contributed by atoms with van der Waals surface area (Å²) in [5.74, 6) is 0. The molecule has 1 rings (SSSR count). The summed E-state index contributed by atoms with van der Waals surface area (Å²) in [6.45, 7) is 4.06. The number of ether oxygens (including phenoxy) is 1. The van der Waals surface area contributed by atoms with Gasteiger partial charge in [0.1, 0.15) is 9.34 Å². The lowest BCUT2D eigenvalue weighted by Gasteiger charge is -2.09. The molecule has 0 bridgehead atoms. The average molecular weight is 264 g/mol. The highest BCUT2D eigenvalue weighted by molar-refractivity contribution is 7.15. The van der Waals surface area contributed by atoms with Crippen LogP contribution in [0.2, 0.25) is 4.34 Å². The second kappa shape index (κ2) is 7.97. The van der Waals surface area contributed by atoms with Gasteiger partial charge in [0, 0.05) is 19.6 Å². The molecule has 0 spiro atoms. The van der Waals surface area contributed by atoms with Crippen molar-refractivity contribution in [2.24, 2.45) is 0 Å². The summed E-state index contributed by atoms with van der Waals surface area (Å²) in [6, 6.07) is 0. The Hall–Kier alpha value is -0.200. The lowest BCUT2D eigenvalue weighted by molar-refractivity contribution is 0.119. The summed E-state index contributed by atoms with van der Waals surface area (Å²) in [4.78, 5) is 6.25. The van der Waals surface area contributed by atoms with Crippen LogP contribution in [0.15, 0.2) is 6.20 Å². The predicted molar refractivity (Wildman–Crippen MR) is 68.2 cm³/mol. The third-order valence-corrected chi connectivity index (χ3v) is 3.02. The maximum Gasteiger partial charge on any atom is 0.113 e.